The largest absolute Gasteiger partial charge is 0.479 e. The van der Waals surface area contributed by atoms with Crippen LogP contribution in [-0.4, -0.2) is 30.2 Å². The molecule has 2 amide bonds. The van der Waals surface area contributed by atoms with E-state index in [1.165, 1.54) is 6.92 Å². The van der Waals surface area contributed by atoms with Crippen molar-refractivity contribution in [1.82, 2.24) is 0 Å². The topological polar surface area (TPSA) is 75.7 Å². The van der Waals surface area contributed by atoms with E-state index in [2.05, 4.69) is 5.32 Å². The summed E-state index contributed by atoms with van der Waals surface area (Å²) in [6, 6.07) is 14.1. The van der Waals surface area contributed by atoms with Crippen LogP contribution in [0.1, 0.15) is 30.6 Å². The van der Waals surface area contributed by atoms with E-state index in [0.29, 0.717) is 22.7 Å². The minimum Gasteiger partial charge on any atom is -0.479 e. The SMILES string of the molecule is CC(=O)c1ccccc1NC(=O)CCN1C(=O)C(C)Oc2ccccc21. The zero-order valence-corrected chi connectivity index (χ0v) is 14.7. The molecule has 2 aromatic rings. The van der Waals surface area contributed by atoms with Gasteiger partial charge in [-0.1, -0.05) is 24.3 Å². The van der Waals surface area contributed by atoms with Crippen LogP contribution in [0.25, 0.3) is 0 Å². The Balaban J connectivity index is 1.70. The van der Waals surface area contributed by atoms with Crippen molar-refractivity contribution in [3.63, 3.8) is 0 Å². The Kier molecular flexibility index (Phi) is 5.02. The van der Waals surface area contributed by atoms with Gasteiger partial charge in [-0.15, -0.1) is 0 Å². The van der Waals surface area contributed by atoms with Crippen molar-refractivity contribution in [3.8, 4) is 5.75 Å². The summed E-state index contributed by atoms with van der Waals surface area (Å²) in [7, 11) is 0. The minimum absolute atomic E-state index is 0.110. The molecule has 0 bridgehead atoms. The molecule has 1 aliphatic rings. The fourth-order valence-electron chi connectivity index (χ4n) is 2.91. The van der Waals surface area contributed by atoms with Crippen LogP contribution in [0.3, 0.4) is 0 Å². The summed E-state index contributed by atoms with van der Waals surface area (Å²) >= 11 is 0. The average Bonchev–Trinajstić information content (AvgIpc) is 2.62. The molecule has 3 rings (SSSR count). The monoisotopic (exact) mass is 352 g/mol. The fourth-order valence-corrected chi connectivity index (χ4v) is 2.91. The Morgan fingerprint density at radius 1 is 1.12 bits per heavy atom. The average molecular weight is 352 g/mol. The predicted molar refractivity (Wildman–Crippen MR) is 98.6 cm³/mol. The molecule has 0 aliphatic carbocycles. The number of fused-ring (bicyclic) bond motifs is 1. The fraction of sp³-hybridized carbons (Fsp3) is 0.250. The van der Waals surface area contributed by atoms with Crippen LogP contribution in [0.4, 0.5) is 11.4 Å². The Morgan fingerprint density at radius 3 is 2.58 bits per heavy atom. The molecule has 0 saturated carbocycles. The molecule has 1 N–H and O–H groups in total. The molecule has 1 atom stereocenters. The van der Waals surface area contributed by atoms with E-state index in [4.69, 9.17) is 4.74 Å². The maximum absolute atomic E-state index is 12.4. The van der Waals surface area contributed by atoms with Crippen LogP contribution in [-0.2, 0) is 9.59 Å². The maximum Gasteiger partial charge on any atom is 0.267 e. The van der Waals surface area contributed by atoms with Gasteiger partial charge >= 0.3 is 0 Å². The summed E-state index contributed by atoms with van der Waals surface area (Å²) in [5.74, 6) is 0.0673. The molecule has 6 nitrogen and oxygen atoms in total. The second-order valence-corrected chi connectivity index (χ2v) is 6.12. The molecule has 1 aliphatic heterocycles. The van der Waals surface area contributed by atoms with Gasteiger partial charge in [0.2, 0.25) is 5.91 Å². The van der Waals surface area contributed by atoms with Crippen LogP contribution >= 0.6 is 0 Å². The van der Waals surface area contributed by atoms with E-state index < -0.39 is 6.10 Å². The van der Waals surface area contributed by atoms with E-state index in [1.807, 2.05) is 12.1 Å². The van der Waals surface area contributed by atoms with Crippen molar-refractivity contribution in [2.75, 3.05) is 16.8 Å². The van der Waals surface area contributed by atoms with Crippen molar-refractivity contribution in [3.05, 3.63) is 54.1 Å². The Labute approximate surface area is 151 Å². The van der Waals surface area contributed by atoms with Crippen molar-refractivity contribution in [1.29, 1.82) is 0 Å². The van der Waals surface area contributed by atoms with Crippen LogP contribution in [0.15, 0.2) is 48.5 Å². The third-order valence-corrected chi connectivity index (χ3v) is 4.22. The van der Waals surface area contributed by atoms with E-state index in [0.717, 1.165) is 0 Å². The van der Waals surface area contributed by atoms with Gasteiger partial charge in [-0.2, -0.15) is 0 Å². The highest BCUT2D eigenvalue weighted by Gasteiger charge is 2.31. The van der Waals surface area contributed by atoms with E-state index >= 15 is 0 Å². The lowest BCUT2D eigenvalue weighted by Crippen LogP contribution is -2.45. The smallest absolute Gasteiger partial charge is 0.267 e. The van der Waals surface area contributed by atoms with Gasteiger partial charge in [-0.3, -0.25) is 14.4 Å². The number of amides is 2. The first-order valence-corrected chi connectivity index (χ1v) is 8.44. The Hall–Kier alpha value is -3.15. The number of ether oxygens (including phenoxy) is 1. The second-order valence-electron chi connectivity index (χ2n) is 6.12. The number of para-hydroxylation sites is 3. The molecule has 2 aromatic carbocycles. The van der Waals surface area contributed by atoms with Gasteiger partial charge in [0.25, 0.3) is 5.91 Å². The van der Waals surface area contributed by atoms with E-state index in [-0.39, 0.29) is 30.6 Å². The number of benzene rings is 2. The van der Waals surface area contributed by atoms with Gasteiger partial charge in [0.15, 0.2) is 11.9 Å². The molecule has 0 spiro atoms. The molecule has 0 aromatic heterocycles. The van der Waals surface area contributed by atoms with E-state index in [9.17, 15) is 14.4 Å². The highest BCUT2D eigenvalue weighted by molar-refractivity contribution is 6.04. The summed E-state index contributed by atoms with van der Waals surface area (Å²) in [6.45, 7) is 3.38. The lowest BCUT2D eigenvalue weighted by molar-refractivity contribution is -0.125. The Morgan fingerprint density at radius 2 is 1.81 bits per heavy atom. The summed E-state index contributed by atoms with van der Waals surface area (Å²) in [6.07, 6.45) is -0.481. The van der Waals surface area contributed by atoms with Gasteiger partial charge in [0, 0.05) is 18.5 Å². The third-order valence-electron chi connectivity index (χ3n) is 4.22. The van der Waals surface area contributed by atoms with Crippen LogP contribution in [0.2, 0.25) is 0 Å². The van der Waals surface area contributed by atoms with Crippen LogP contribution in [0, 0.1) is 0 Å². The number of nitrogens with one attached hydrogen (secondary N) is 1. The molecule has 6 heteroatoms. The molecule has 0 radical (unpaired) electrons. The number of hydrogen-bond donors (Lipinski definition) is 1. The molecule has 0 saturated heterocycles. The molecule has 26 heavy (non-hydrogen) atoms. The second kappa shape index (κ2) is 7.39. The zero-order chi connectivity index (χ0) is 18.7. The molecule has 1 unspecified atom stereocenters. The first kappa shape index (κ1) is 17.7. The summed E-state index contributed by atoms with van der Waals surface area (Å²) < 4.78 is 5.59. The van der Waals surface area contributed by atoms with Crippen molar-refractivity contribution >= 4 is 29.0 Å². The van der Waals surface area contributed by atoms with Crippen molar-refractivity contribution < 1.29 is 19.1 Å². The predicted octanol–water partition coefficient (Wildman–Crippen LogP) is 3.03. The standard InChI is InChI=1S/C20H20N2O4/c1-13(23)15-7-3-4-8-16(15)21-19(24)11-12-22-17-9-5-6-10-18(17)26-14(2)20(22)25/h3-10,14H,11-12H2,1-2H3,(H,21,24). The first-order chi connectivity index (χ1) is 12.5. The number of nitrogens with zero attached hydrogens (tertiary/aromatic N) is 1. The Bertz CT molecular complexity index is 862. The number of Topliss-reactive ketones (excluding diaryl/α,β-unsaturated/α-hetero) is 1. The highest BCUT2D eigenvalue weighted by Crippen LogP contribution is 2.33. The molecular weight excluding hydrogens is 332 g/mol. The molecule has 0 fully saturated rings. The van der Waals surface area contributed by atoms with Crippen molar-refractivity contribution in [2.45, 2.75) is 26.4 Å². The van der Waals surface area contributed by atoms with Crippen LogP contribution in [0.5, 0.6) is 5.75 Å². The summed E-state index contributed by atoms with van der Waals surface area (Å²) in [5.41, 5.74) is 1.60. The maximum atomic E-state index is 12.4. The molecule has 134 valence electrons. The van der Waals surface area contributed by atoms with Crippen LogP contribution < -0.4 is 15.0 Å². The number of hydrogen-bond acceptors (Lipinski definition) is 4. The summed E-state index contributed by atoms with van der Waals surface area (Å²) in [5, 5.41) is 2.75. The van der Waals surface area contributed by atoms with Crippen molar-refractivity contribution in [2.24, 2.45) is 0 Å². The van der Waals surface area contributed by atoms with Gasteiger partial charge in [-0.05, 0) is 38.1 Å². The molecule has 1 heterocycles. The normalized spacial score (nSPS) is 15.8. The summed E-state index contributed by atoms with van der Waals surface area (Å²) in [4.78, 5) is 38.0. The zero-order valence-electron chi connectivity index (χ0n) is 14.7. The van der Waals surface area contributed by atoms with Gasteiger partial charge in [0.05, 0.1) is 11.4 Å². The van der Waals surface area contributed by atoms with Gasteiger partial charge in [0.1, 0.15) is 5.75 Å². The number of rotatable bonds is 5. The number of ketones is 1. The first-order valence-electron chi connectivity index (χ1n) is 8.44. The number of anilines is 2. The van der Waals surface area contributed by atoms with E-state index in [1.54, 1.807) is 48.2 Å². The van der Waals surface area contributed by atoms with Gasteiger partial charge in [-0.25, -0.2) is 0 Å². The minimum atomic E-state index is -0.591. The third kappa shape index (κ3) is 3.59. The number of carbonyl (C=O) groups excluding carboxylic acids is 3. The lowest BCUT2D eigenvalue weighted by Gasteiger charge is -2.32. The van der Waals surface area contributed by atoms with Gasteiger partial charge < -0.3 is 15.0 Å². The highest BCUT2D eigenvalue weighted by atomic mass is 16.5. The quantitative estimate of drug-likeness (QED) is 0.839. The lowest BCUT2D eigenvalue weighted by atomic mass is 10.1. The molecular formula is C20H20N2O4. The number of carbonyl (C=O) groups is 3.